The first-order valence-corrected chi connectivity index (χ1v) is 19.1. The zero-order valence-electron chi connectivity index (χ0n) is 29.8. The first kappa shape index (κ1) is 43.7. The highest BCUT2D eigenvalue weighted by atomic mass is 16.7. The Kier molecular flexibility index (Phi) is 27.5. The van der Waals surface area contributed by atoms with Crippen molar-refractivity contribution in [3.05, 3.63) is 0 Å². The summed E-state index contributed by atoms with van der Waals surface area (Å²) in [5, 5.41) is 39.8. The fraction of sp³-hybridized carbons (Fsp3) is 0.946. The molecule has 0 aromatic heterocycles. The Balaban J connectivity index is 2.40. The summed E-state index contributed by atoms with van der Waals surface area (Å²) in [4.78, 5) is 25.1. The highest BCUT2D eigenvalue weighted by Crippen LogP contribution is 2.22. The average molecular weight is 675 g/mol. The number of hydrogen-bond acceptors (Lipinski definition) is 10. The van der Waals surface area contributed by atoms with E-state index < -0.39 is 49.4 Å². The summed E-state index contributed by atoms with van der Waals surface area (Å²) >= 11 is 0. The van der Waals surface area contributed by atoms with Gasteiger partial charge in [0.2, 0.25) is 0 Å². The van der Waals surface area contributed by atoms with E-state index in [1.807, 2.05) is 0 Å². The van der Waals surface area contributed by atoms with Crippen LogP contribution in [0.5, 0.6) is 0 Å². The summed E-state index contributed by atoms with van der Waals surface area (Å²) in [6.07, 6.45) is 18.3. The van der Waals surface area contributed by atoms with Crippen LogP contribution in [0.4, 0.5) is 0 Å². The zero-order valence-corrected chi connectivity index (χ0v) is 29.8. The van der Waals surface area contributed by atoms with Gasteiger partial charge in [-0.1, -0.05) is 142 Å². The molecule has 1 saturated heterocycles. The van der Waals surface area contributed by atoms with Crippen molar-refractivity contribution in [1.29, 1.82) is 0 Å². The second kappa shape index (κ2) is 29.6. The lowest BCUT2D eigenvalue weighted by atomic mass is 9.99. The normalized spacial score (nSPS) is 21.9. The van der Waals surface area contributed by atoms with Crippen LogP contribution in [0.25, 0.3) is 0 Å². The van der Waals surface area contributed by atoms with Gasteiger partial charge in [-0.15, -0.1) is 0 Å². The minimum absolute atomic E-state index is 0.210. The lowest BCUT2D eigenvalue weighted by Gasteiger charge is -2.39. The minimum Gasteiger partial charge on any atom is -0.462 e. The highest BCUT2D eigenvalue weighted by molar-refractivity contribution is 5.70. The van der Waals surface area contributed by atoms with Crippen molar-refractivity contribution >= 4 is 11.9 Å². The molecular formula is C37H70O10. The first-order valence-electron chi connectivity index (χ1n) is 19.1. The molecule has 0 aromatic rings. The molecule has 47 heavy (non-hydrogen) atoms. The van der Waals surface area contributed by atoms with Crippen molar-refractivity contribution < 1.29 is 49.0 Å². The van der Waals surface area contributed by atoms with Gasteiger partial charge in [0, 0.05) is 12.8 Å². The van der Waals surface area contributed by atoms with E-state index in [0.29, 0.717) is 6.42 Å². The predicted octanol–water partition coefficient (Wildman–Crippen LogP) is 6.66. The number of ether oxygens (including phenoxy) is 4. The Labute approximate surface area is 285 Å². The third kappa shape index (κ3) is 22.1. The average Bonchev–Trinajstić information content (AvgIpc) is 3.06. The second-order valence-electron chi connectivity index (χ2n) is 13.4. The van der Waals surface area contributed by atoms with E-state index in [4.69, 9.17) is 18.9 Å². The number of rotatable bonds is 31. The number of unbranched alkanes of at least 4 members (excludes halogenated alkanes) is 20. The minimum atomic E-state index is -1.59. The smallest absolute Gasteiger partial charge is 0.306 e. The SMILES string of the molecule is CCCCCCCCCCCCCC(=O)OCC(CO[C@@H]1OC(CO)[C@H](O)C(O)[C@@H]1O)OC(=O)CCCCCCCCCCCCC. The molecule has 0 radical (unpaired) electrons. The quantitative estimate of drug-likeness (QED) is 0.0464. The Bertz CT molecular complexity index is 749. The van der Waals surface area contributed by atoms with E-state index in [1.54, 1.807) is 0 Å². The van der Waals surface area contributed by atoms with Gasteiger partial charge in [0.1, 0.15) is 31.0 Å². The lowest BCUT2D eigenvalue weighted by Crippen LogP contribution is -2.59. The summed E-state index contributed by atoms with van der Waals surface area (Å²) in [6.45, 7) is 3.39. The molecule has 1 aliphatic heterocycles. The molecule has 0 bridgehead atoms. The van der Waals surface area contributed by atoms with Crippen LogP contribution in [0.1, 0.15) is 168 Å². The summed E-state index contributed by atoms with van der Waals surface area (Å²) < 4.78 is 22.0. The van der Waals surface area contributed by atoms with Crippen LogP contribution in [0.3, 0.4) is 0 Å². The van der Waals surface area contributed by atoms with E-state index >= 15 is 0 Å². The van der Waals surface area contributed by atoms with Gasteiger partial charge in [-0.25, -0.2) is 0 Å². The fourth-order valence-corrected chi connectivity index (χ4v) is 5.89. The summed E-state index contributed by atoms with van der Waals surface area (Å²) in [7, 11) is 0. The van der Waals surface area contributed by atoms with E-state index in [-0.39, 0.29) is 32.0 Å². The predicted molar refractivity (Wildman–Crippen MR) is 183 cm³/mol. The zero-order chi connectivity index (χ0) is 34.5. The molecule has 4 N–H and O–H groups in total. The summed E-state index contributed by atoms with van der Waals surface area (Å²) in [5.74, 6) is -0.801. The van der Waals surface area contributed by atoms with Crippen molar-refractivity contribution in [2.75, 3.05) is 19.8 Å². The van der Waals surface area contributed by atoms with Gasteiger partial charge in [0.25, 0.3) is 0 Å². The molecule has 0 aliphatic carbocycles. The third-order valence-corrected chi connectivity index (χ3v) is 8.99. The first-order chi connectivity index (χ1) is 22.8. The van der Waals surface area contributed by atoms with E-state index in [1.165, 1.54) is 96.3 Å². The van der Waals surface area contributed by atoms with Crippen LogP contribution in [0.2, 0.25) is 0 Å². The Morgan fingerprint density at radius 1 is 0.574 bits per heavy atom. The van der Waals surface area contributed by atoms with Crippen molar-refractivity contribution in [2.45, 2.75) is 205 Å². The van der Waals surface area contributed by atoms with Crippen LogP contribution >= 0.6 is 0 Å². The molecule has 0 spiro atoms. The number of esters is 2. The molecule has 0 saturated carbocycles. The van der Waals surface area contributed by atoms with Crippen molar-refractivity contribution in [1.82, 2.24) is 0 Å². The lowest BCUT2D eigenvalue weighted by molar-refractivity contribution is -0.305. The maximum Gasteiger partial charge on any atom is 0.306 e. The van der Waals surface area contributed by atoms with Gasteiger partial charge in [-0.2, -0.15) is 0 Å². The molecule has 0 amide bonds. The third-order valence-electron chi connectivity index (χ3n) is 8.99. The van der Waals surface area contributed by atoms with E-state index in [0.717, 1.165) is 38.5 Å². The van der Waals surface area contributed by atoms with Crippen LogP contribution < -0.4 is 0 Å². The molecule has 6 atom stereocenters. The van der Waals surface area contributed by atoms with Crippen LogP contribution in [0, 0.1) is 0 Å². The van der Waals surface area contributed by atoms with Crippen molar-refractivity contribution in [3.63, 3.8) is 0 Å². The second-order valence-corrected chi connectivity index (χ2v) is 13.4. The van der Waals surface area contributed by atoms with E-state index in [9.17, 15) is 30.0 Å². The van der Waals surface area contributed by atoms with Crippen molar-refractivity contribution in [2.24, 2.45) is 0 Å². The maximum absolute atomic E-state index is 12.6. The highest BCUT2D eigenvalue weighted by Gasteiger charge is 2.44. The molecule has 1 rings (SSSR count). The van der Waals surface area contributed by atoms with Crippen LogP contribution in [-0.4, -0.2) is 89.0 Å². The number of aliphatic hydroxyl groups is 4. The van der Waals surface area contributed by atoms with Gasteiger partial charge >= 0.3 is 11.9 Å². The van der Waals surface area contributed by atoms with Gasteiger partial charge in [-0.3, -0.25) is 9.59 Å². The fourth-order valence-electron chi connectivity index (χ4n) is 5.89. The molecule has 1 heterocycles. The molecule has 278 valence electrons. The largest absolute Gasteiger partial charge is 0.462 e. The van der Waals surface area contributed by atoms with Crippen LogP contribution in [-0.2, 0) is 28.5 Å². The standard InChI is InChI=1S/C37H70O10/c1-3-5-7-9-11-13-15-17-19-21-23-25-32(39)44-28-30(29-45-37-36(43)35(42)34(41)31(27-38)47-37)46-33(40)26-24-22-20-18-16-14-12-10-8-6-4-2/h30-31,34-38,41-43H,3-29H2,1-2H3/t30?,31?,34-,35?,36-,37+/m0/s1. The molecule has 1 fully saturated rings. The summed E-state index contributed by atoms with van der Waals surface area (Å²) in [6, 6.07) is 0. The van der Waals surface area contributed by atoms with Crippen molar-refractivity contribution in [3.8, 4) is 0 Å². The van der Waals surface area contributed by atoms with Gasteiger partial charge in [0.15, 0.2) is 12.4 Å². The summed E-state index contributed by atoms with van der Waals surface area (Å²) in [5.41, 5.74) is 0. The molecule has 3 unspecified atom stereocenters. The van der Waals surface area contributed by atoms with E-state index in [2.05, 4.69) is 13.8 Å². The molecule has 10 heteroatoms. The molecule has 10 nitrogen and oxygen atoms in total. The Morgan fingerprint density at radius 3 is 1.45 bits per heavy atom. The number of carbonyl (C=O) groups excluding carboxylic acids is 2. The van der Waals surface area contributed by atoms with Gasteiger partial charge < -0.3 is 39.4 Å². The van der Waals surface area contributed by atoms with Gasteiger partial charge in [0.05, 0.1) is 13.2 Å². The topological polar surface area (TPSA) is 152 Å². The molecule has 1 aliphatic rings. The number of aliphatic hydroxyl groups excluding tert-OH is 4. The van der Waals surface area contributed by atoms with Gasteiger partial charge in [-0.05, 0) is 12.8 Å². The number of carbonyl (C=O) groups is 2. The molecular weight excluding hydrogens is 604 g/mol. The molecule has 0 aromatic carbocycles. The maximum atomic E-state index is 12.6. The Morgan fingerprint density at radius 2 is 1.00 bits per heavy atom. The number of hydrogen-bond donors (Lipinski definition) is 4. The van der Waals surface area contributed by atoms with Crippen LogP contribution in [0.15, 0.2) is 0 Å². The Hall–Kier alpha value is -1.30. The monoisotopic (exact) mass is 674 g/mol.